The Bertz CT molecular complexity index is 817. The molecule has 0 bridgehead atoms. The van der Waals surface area contributed by atoms with Gasteiger partial charge >= 0.3 is 18.0 Å². The molecule has 27 heavy (non-hydrogen) atoms. The maximum atomic E-state index is 12.5. The molecule has 0 aliphatic heterocycles. The van der Waals surface area contributed by atoms with Crippen molar-refractivity contribution in [1.29, 1.82) is 0 Å². The molecule has 2 N–H and O–H groups in total. The Labute approximate surface area is 150 Å². The quantitative estimate of drug-likeness (QED) is 0.528. The second-order valence-corrected chi connectivity index (χ2v) is 5.19. The summed E-state index contributed by atoms with van der Waals surface area (Å²) < 4.78 is 46.6. The van der Waals surface area contributed by atoms with Gasteiger partial charge in [0.25, 0.3) is 5.91 Å². The minimum atomic E-state index is -4.76. The largest absolute Gasteiger partial charge is 0.480 e. The molecule has 0 saturated carbocycles. The molecule has 2 aromatic rings. The molecular weight excluding hydrogens is 371 g/mol. The van der Waals surface area contributed by atoms with Gasteiger partial charge in [0, 0.05) is 11.1 Å². The summed E-state index contributed by atoms with van der Waals surface area (Å²) in [5.74, 6) is -3.76. The van der Waals surface area contributed by atoms with Crippen molar-refractivity contribution in [2.45, 2.75) is 12.2 Å². The molecule has 144 valence electrons. The second-order valence-electron chi connectivity index (χ2n) is 5.19. The number of amides is 1. The molecule has 8 nitrogen and oxygen atoms in total. The highest BCUT2D eigenvalue weighted by molar-refractivity contribution is 5.96. The predicted octanol–water partition coefficient (Wildman–Crippen LogP) is 2.14. The van der Waals surface area contributed by atoms with E-state index in [1.165, 1.54) is 30.3 Å². The number of nitrogens with zero attached hydrogens (tertiary/aromatic N) is 2. The number of hydrogen-bond acceptors (Lipinski definition) is 6. The van der Waals surface area contributed by atoms with Crippen LogP contribution in [0, 0.1) is 0 Å². The van der Waals surface area contributed by atoms with Crippen molar-refractivity contribution < 1.29 is 37.1 Å². The lowest BCUT2D eigenvalue weighted by Crippen LogP contribution is -2.44. The Hall–Kier alpha value is -3.21. The van der Waals surface area contributed by atoms with Gasteiger partial charge in [-0.1, -0.05) is 23.4 Å². The second kappa shape index (κ2) is 8.45. The molecule has 0 spiro atoms. The van der Waals surface area contributed by atoms with Gasteiger partial charge in [-0.25, -0.2) is 4.79 Å². The van der Waals surface area contributed by atoms with E-state index < -0.39 is 30.0 Å². The number of nitrogens with one attached hydrogen (secondary N) is 1. The van der Waals surface area contributed by atoms with Gasteiger partial charge in [-0.2, -0.15) is 18.2 Å². The molecule has 1 atom stereocenters. The first kappa shape index (κ1) is 20.1. The number of carbonyl (C=O) groups excluding carboxylic acids is 1. The maximum absolute atomic E-state index is 12.5. The van der Waals surface area contributed by atoms with Gasteiger partial charge in [-0.05, 0) is 12.1 Å². The highest BCUT2D eigenvalue weighted by Crippen LogP contribution is 2.29. The van der Waals surface area contributed by atoms with Crippen LogP contribution in [0.3, 0.4) is 0 Å². The average molecular weight is 385 g/mol. The summed E-state index contributed by atoms with van der Waals surface area (Å²) in [6.07, 6.45) is -3.33. The topological polar surface area (TPSA) is 115 Å². The van der Waals surface area contributed by atoms with Crippen LogP contribution in [0.25, 0.3) is 11.4 Å². The number of carbonyl (C=O) groups is 2. The number of alkyl halides is 3. The van der Waals surface area contributed by atoms with Crippen LogP contribution in [0.2, 0.25) is 0 Å². The molecule has 11 heteroatoms. The van der Waals surface area contributed by atoms with E-state index in [0.29, 0.717) is 0 Å². The number of carboxylic acid groups (broad SMARTS) is 1. The maximum Gasteiger partial charge on any atom is 0.471 e. The van der Waals surface area contributed by atoms with Crippen LogP contribution in [0.1, 0.15) is 16.2 Å². The lowest BCUT2D eigenvalue weighted by Gasteiger charge is -2.14. The zero-order valence-electron chi connectivity index (χ0n) is 13.7. The number of aliphatic carboxylic acids is 1. The van der Waals surface area contributed by atoms with E-state index in [-0.39, 0.29) is 30.2 Å². The summed E-state index contributed by atoms with van der Waals surface area (Å²) >= 11 is 0. The van der Waals surface area contributed by atoms with Crippen molar-refractivity contribution in [2.24, 2.45) is 0 Å². The molecule has 0 radical (unpaired) electrons. The summed E-state index contributed by atoms with van der Waals surface area (Å²) in [7, 11) is 0. The van der Waals surface area contributed by atoms with E-state index in [1.807, 2.05) is 0 Å². The first-order valence-electron chi connectivity index (χ1n) is 7.46. The monoisotopic (exact) mass is 385 g/mol. The molecule has 2 rings (SSSR count). The molecule has 0 aliphatic rings. The van der Waals surface area contributed by atoms with Crippen LogP contribution in [-0.2, 0) is 15.7 Å². The molecule has 0 aliphatic carbocycles. The first-order chi connectivity index (χ1) is 12.7. The van der Waals surface area contributed by atoms with E-state index in [2.05, 4.69) is 26.6 Å². The third kappa shape index (κ3) is 5.38. The number of aromatic nitrogens is 2. The summed E-state index contributed by atoms with van der Waals surface area (Å²) in [6.45, 7) is 3.29. The summed E-state index contributed by atoms with van der Waals surface area (Å²) in [6, 6.07) is 3.92. The number of halogens is 3. The molecule has 1 aromatic heterocycles. The standard InChI is InChI=1S/C16H14F3N3O5/c1-2-7-26-8-11(14(24)25)20-13(23)10-5-3-9(4-6-10)12-21-15(27-22-12)16(17,18)19/h2-6,11H,1,7-8H2,(H,20,23)(H,24,25). The van der Waals surface area contributed by atoms with E-state index in [9.17, 15) is 22.8 Å². The molecule has 1 aromatic carbocycles. The van der Waals surface area contributed by atoms with Crippen LogP contribution >= 0.6 is 0 Å². The lowest BCUT2D eigenvalue weighted by molar-refractivity contribution is -0.159. The smallest absolute Gasteiger partial charge is 0.471 e. The lowest BCUT2D eigenvalue weighted by atomic mass is 10.1. The van der Waals surface area contributed by atoms with Crippen molar-refractivity contribution >= 4 is 11.9 Å². The number of ether oxygens (including phenoxy) is 1. The van der Waals surface area contributed by atoms with Crippen LogP contribution in [0.4, 0.5) is 13.2 Å². The van der Waals surface area contributed by atoms with Crippen molar-refractivity contribution in [3.8, 4) is 11.4 Å². The van der Waals surface area contributed by atoms with Gasteiger partial charge in [0.2, 0.25) is 5.82 Å². The number of benzene rings is 1. The highest BCUT2D eigenvalue weighted by Gasteiger charge is 2.38. The first-order valence-corrected chi connectivity index (χ1v) is 7.46. The van der Waals surface area contributed by atoms with Gasteiger partial charge in [-0.3, -0.25) is 4.79 Å². The minimum absolute atomic E-state index is 0.0910. The van der Waals surface area contributed by atoms with E-state index in [1.54, 1.807) is 0 Å². The third-order valence-corrected chi connectivity index (χ3v) is 3.20. The predicted molar refractivity (Wildman–Crippen MR) is 84.6 cm³/mol. The number of rotatable bonds is 8. The number of carboxylic acids is 1. The Morgan fingerprint density at radius 3 is 2.52 bits per heavy atom. The van der Waals surface area contributed by atoms with E-state index >= 15 is 0 Å². The van der Waals surface area contributed by atoms with Crippen molar-refractivity contribution in [2.75, 3.05) is 13.2 Å². The van der Waals surface area contributed by atoms with E-state index in [4.69, 9.17) is 9.84 Å². The minimum Gasteiger partial charge on any atom is -0.480 e. The van der Waals surface area contributed by atoms with Gasteiger partial charge in [0.1, 0.15) is 0 Å². The van der Waals surface area contributed by atoms with Gasteiger partial charge in [-0.15, -0.1) is 6.58 Å². The SMILES string of the molecule is C=CCOCC(NC(=O)c1ccc(-c2noc(C(F)(F)F)n2)cc1)C(=O)O. The summed E-state index contributed by atoms with van der Waals surface area (Å²) in [5.41, 5.74) is 0.281. The Balaban J connectivity index is 2.07. The zero-order chi connectivity index (χ0) is 20.0. The van der Waals surface area contributed by atoms with Crippen LogP contribution < -0.4 is 5.32 Å². The van der Waals surface area contributed by atoms with Gasteiger partial charge < -0.3 is 19.7 Å². The highest BCUT2D eigenvalue weighted by atomic mass is 19.4. The van der Waals surface area contributed by atoms with Gasteiger partial charge in [0.15, 0.2) is 6.04 Å². The molecule has 1 heterocycles. The molecule has 0 fully saturated rings. The average Bonchev–Trinajstić information content (AvgIpc) is 3.11. The normalized spacial score (nSPS) is 12.4. The van der Waals surface area contributed by atoms with Crippen LogP contribution in [0.5, 0.6) is 0 Å². The van der Waals surface area contributed by atoms with Crippen molar-refractivity contribution in [3.63, 3.8) is 0 Å². The Kier molecular flexibility index (Phi) is 6.29. The van der Waals surface area contributed by atoms with Crippen molar-refractivity contribution in [3.05, 3.63) is 48.4 Å². The van der Waals surface area contributed by atoms with Crippen molar-refractivity contribution in [1.82, 2.24) is 15.5 Å². The molecule has 1 unspecified atom stereocenters. The fourth-order valence-electron chi connectivity index (χ4n) is 1.91. The Morgan fingerprint density at radius 2 is 2.00 bits per heavy atom. The number of hydrogen-bond donors (Lipinski definition) is 2. The van der Waals surface area contributed by atoms with Crippen LogP contribution in [-0.4, -0.2) is 46.4 Å². The fraction of sp³-hybridized carbons (Fsp3) is 0.250. The fourth-order valence-corrected chi connectivity index (χ4v) is 1.91. The van der Waals surface area contributed by atoms with Crippen LogP contribution in [0.15, 0.2) is 41.4 Å². The van der Waals surface area contributed by atoms with Gasteiger partial charge in [0.05, 0.1) is 13.2 Å². The zero-order valence-corrected chi connectivity index (χ0v) is 13.7. The Morgan fingerprint density at radius 1 is 1.33 bits per heavy atom. The molecule has 0 saturated heterocycles. The third-order valence-electron chi connectivity index (χ3n) is 3.20. The van der Waals surface area contributed by atoms with E-state index in [0.717, 1.165) is 0 Å². The molecular formula is C16H14F3N3O5. The molecule has 1 amide bonds. The summed E-state index contributed by atoms with van der Waals surface area (Å²) in [4.78, 5) is 26.5. The summed E-state index contributed by atoms with van der Waals surface area (Å²) in [5, 5.41) is 14.6.